The summed E-state index contributed by atoms with van der Waals surface area (Å²) in [6.45, 7) is 6.00. The molecule has 1 unspecified atom stereocenters. The number of carbonyl (C=O) groups is 1. The van der Waals surface area contributed by atoms with Crippen molar-refractivity contribution >= 4 is 26.7 Å². The first-order chi connectivity index (χ1) is 18.5. The second-order valence-corrected chi connectivity index (χ2v) is 11.8. The number of fused-ring (bicyclic) bond motifs is 1. The minimum absolute atomic E-state index is 0.0696. The Labute approximate surface area is 227 Å². The molecule has 204 valence electrons. The van der Waals surface area contributed by atoms with E-state index in [9.17, 15) is 23.1 Å². The molecule has 0 saturated heterocycles. The lowest BCUT2D eigenvalue weighted by Gasteiger charge is -2.20. The van der Waals surface area contributed by atoms with E-state index < -0.39 is 21.9 Å². The van der Waals surface area contributed by atoms with Crippen molar-refractivity contribution in [2.75, 3.05) is 6.26 Å². The summed E-state index contributed by atoms with van der Waals surface area (Å²) in [6.07, 6.45) is 2.33. The molecular weight excluding hydrogens is 516 g/mol. The maximum absolute atomic E-state index is 13.5. The van der Waals surface area contributed by atoms with Gasteiger partial charge in [-0.2, -0.15) is 0 Å². The standard InChI is InChI=1S/C30H32N2O6S/c1-5-6-10-26-31-25-16-15-23(39(4,36)37)17-24(25)29(33)32(26)18-21-11-13-22(14-12-21)38-28(30(34)35)27-19(2)8-7-9-20(27)3/h7-9,11-17,28H,5-6,10,18H2,1-4H3,(H,34,35). The Bertz CT molecular complexity index is 1670. The van der Waals surface area contributed by atoms with E-state index in [0.29, 0.717) is 29.1 Å². The van der Waals surface area contributed by atoms with Crippen LogP contribution in [-0.2, 0) is 27.6 Å². The van der Waals surface area contributed by atoms with Crippen molar-refractivity contribution in [2.45, 2.75) is 57.6 Å². The number of carboxylic acid groups (broad SMARTS) is 1. The molecule has 0 aliphatic rings. The summed E-state index contributed by atoms with van der Waals surface area (Å²) < 4.78 is 31.6. The highest BCUT2D eigenvalue weighted by molar-refractivity contribution is 7.90. The van der Waals surface area contributed by atoms with Crippen LogP contribution in [0.5, 0.6) is 5.75 Å². The second-order valence-electron chi connectivity index (χ2n) is 9.76. The largest absolute Gasteiger partial charge is 0.478 e. The number of rotatable bonds is 10. The zero-order valence-electron chi connectivity index (χ0n) is 22.5. The summed E-state index contributed by atoms with van der Waals surface area (Å²) in [6, 6.07) is 17.0. The third-order valence-electron chi connectivity index (χ3n) is 6.73. The Morgan fingerprint density at radius 2 is 1.72 bits per heavy atom. The lowest BCUT2D eigenvalue weighted by Crippen LogP contribution is -2.26. The van der Waals surface area contributed by atoms with Gasteiger partial charge in [0.25, 0.3) is 5.56 Å². The van der Waals surface area contributed by atoms with Gasteiger partial charge in [0, 0.05) is 18.2 Å². The van der Waals surface area contributed by atoms with Gasteiger partial charge in [-0.15, -0.1) is 0 Å². The number of sulfone groups is 1. The van der Waals surface area contributed by atoms with E-state index >= 15 is 0 Å². The number of nitrogens with zero attached hydrogens (tertiary/aromatic N) is 2. The van der Waals surface area contributed by atoms with Crippen LogP contribution in [-0.4, -0.2) is 35.3 Å². The molecule has 0 fully saturated rings. The molecular formula is C30H32N2O6S. The van der Waals surface area contributed by atoms with E-state index in [1.54, 1.807) is 34.9 Å². The molecule has 0 aliphatic carbocycles. The van der Waals surface area contributed by atoms with Crippen LogP contribution in [0.1, 0.15) is 53.9 Å². The van der Waals surface area contributed by atoms with Gasteiger partial charge in [-0.3, -0.25) is 9.36 Å². The Morgan fingerprint density at radius 3 is 2.31 bits per heavy atom. The number of ether oxygens (including phenoxy) is 1. The number of carboxylic acids is 1. The van der Waals surface area contributed by atoms with E-state index in [0.717, 1.165) is 35.8 Å². The molecule has 39 heavy (non-hydrogen) atoms. The van der Waals surface area contributed by atoms with E-state index in [4.69, 9.17) is 9.72 Å². The van der Waals surface area contributed by atoms with Gasteiger partial charge < -0.3 is 9.84 Å². The maximum atomic E-state index is 13.5. The van der Waals surface area contributed by atoms with Crippen molar-refractivity contribution in [1.29, 1.82) is 0 Å². The molecule has 4 aromatic rings. The zero-order chi connectivity index (χ0) is 28.3. The average molecular weight is 549 g/mol. The normalized spacial score (nSPS) is 12.4. The highest BCUT2D eigenvalue weighted by atomic mass is 32.2. The lowest BCUT2D eigenvalue weighted by atomic mass is 9.98. The smallest absolute Gasteiger partial charge is 0.349 e. The Balaban J connectivity index is 1.67. The molecule has 1 N–H and O–H groups in total. The van der Waals surface area contributed by atoms with Crippen LogP contribution in [0.4, 0.5) is 0 Å². The molecule has 0 amide bonds. The zero-order valence-corrected chi connectivity index (χ0v) is 23.3. The number of aryl methyl sites for hydroxylation is 3. The molecule has 0 aliphatic heterocycles. The number of aromatic nitrogens is 2. The molecule has 9 heteroatoms. The van der Waals surface area contributed by atoms with E-state index in [-0.39, 0.29) is 22.4 Å². The molecule has 0 radical (unpaired) electrons. The van der Waals surface area contributed by atoms with Gasteiger partial charge in [0.1, 0.15) is 11.6 Å². The number of hydrogen-bond donors (Lipinski definition) is 1. The molecule has 0 saturated carbocycles. The first-order valence-electron chi connectivity index (χ1n) is 12.8. The Morgan fingerprint density at radius 1 is 1.05 bits per heavy atom. The summed E-state index contributed by atoms with van der Waals surface area (Å²) in [5.41, 5.74) is 3.24. The Hall–Kier alpha value is -3.98. The van der Waals surface area contributed by atoms with Crippen LogP contribution < -0.4 is 10.3 Å². The first-order valence-corrected chi connectivity index (χ1v) is 14.7. The number of unbranched alkanes of at least 4 members (excludes halogenated alkanes) is 1. The molecule has 0 bridgehead atoms. The van der Waals surface area contributed by atoms with Gasteiger partial charge in [0.15, 0.2) is 9.84 Å². The van der Waals surface area contributed by atoms with Gasteiger partial charge in [-0.25, -0.2) is 18.2 Å². The fraction of sp³-hybridized carbons (Fsp3) is 0.300. The molecule has 1 aromatic heterocycles. The SMILES string of the molecule is CCCCc1nc2ccc(S(C)(=O)=O)cc2c(=O)n1Cc1ccc(OC(C(=O)O)c2c(C)cccc2C)cc1. The predicted molar refractivity (Wildman–Crippen MR) is 150 cm³/mol. The molecule has 1 atom stereocenters. The number of benzene rings is 3. The van der Waals surface area contributed by atoms with Gasteiger partial charge >= 0.3 is 5.97 Å². The van der Waals surface area contributed by atoms with Crippen LogP contribution in [0.2, 0.25) is 0 Å². The quantitative estimate of drug-likeness (QED) is 0.296. The maximum Gasteiger partial charge on any atom is 0.349 e. The highest BCUT2D eigenvalue weighted by Gasteiger charge is 2.25. The third-order valence-corrected chi connectivity index (χ3v) is 7.84. The van der Waals surface area contributed by atoms with Crippen molar-refractivity contribution in [3.63, 3.8) is 0 Å². The number of hydrogen-bond acceptors (Lipinski definition) is 6. The summed E-state index contributed by atoms with van der Waals surface area (Å²) in [5, 5.41) is 10.1. The minimum Gasteiger partial charge on any atom is -0.478 e. The average Bonchev–Trinajstić information content (AvgIpc) is 2.88. The van der Waals surface area contributed by atoms with Crippen molar-refractivity contribution in [2.24, 2.45) is 0 Å². The second kappa shape index (κ2) is 11.4. The van der Waals surface area contributed by atoms with Crippen molar-refractivity contribution in [1.82, 2.24) is 9.55 Å². The molecule has 3 aromatic carbocycles. The van der Waals surface area contributed by atoms with Crippen molar-refractivity contribution in [3.05, 3.63) is 99.1 Å². The summed E-state index contributed by atoms with van der Waals surface area (Å²) in [7, 11) is -3.49. The highest BCUT2D eigenvalue weighted by Crippen LogP contribution is 2.28. The number of aliphatic carboxylic acids is 1. The first kappa shape index (κ1) is 28.0. The van der Waals surface area contributed by atoms with E-state index in [2.05, 4.69) is 6.92 Å². The predicted octanol–water partition coefficient (Wildman–Crippen LogP) is 5.01. The van der Waals surface area contributed by atoms with Gasteiger partial charge in [0.05, 0.1) is 22.3 Å². The van der Waals surface area contributed by atoms with E-state index in [1.165, 1.54) is 12.1 Å². The van der Waals surface area contributed by atoms with Gasteiger partial charge in [-0.1, -0.05) is 43.7 Å². The fourth-order valence-electron chi connectivity index (χ4n) is 4.63. The summed E-state index contributed by atoms with van der Waals surface area (Å²) in [4.78, 5) is 30.4. The van der Waals surface area contributed by atoms with Crippen LogP contribution in [0.15, 0.2) is 70.4 Å². The minimum atomic E-state index is -3.49. The summed E-state index contributed by atoms with van der Waals surface area (Å²) >= 11 is 0. The molecule has 0 spiro atoms. The molecule has 8 nitrogen and oxygen atoms in total. The van der Waals surface area contributed by atoms with Crippen molar-refractivity contribution < 1.29 is 23.1 Å². The Kier molecular flexibility index (Phi) is 8.20. The van der Waals surface area contributed by atoms with Crippen LogP contribution in [0.25, 0.3) is 10.9 Å². The molecule has 4 rings (SSSR count). The summed E-state index contributed by atoms with van der Waals surface area (Å²) in [5.74, 6) is -0.0659. The fourth-order valence-corrected chi connectivity index (χ4v) is 5.28. The van der Waals surface area contributed by atoms with Crippen LogP contribution in [0.3, 0.4) is 0 Å². The third kappa shape index (κ3) is 6.20. The molecule has 1 heterocycles. The van der Waals surface area contributed by atoms with E-state index in [1.807, 2.05) is 32.0 Å². The lowest BCUT2D eigenvalue weighted by molar-refractivity contribution is -0.145. The van der Waals surface area contributed by atoms with Crippen LogP contribution in [0, 0.1) is 13.8 Å². The monoisotopic (exact) mass is 548 g/mol. The topological polar surface area (TPSA) is 116 Å². The van der Waals surface area contributed by atoms with Gasteiger partial charge in [-0.05, 0) is 67.3 Å². The van der Waals surface area contributed by atoms with Crippen LogP contribution >= 0.6 is 0 Å². The van der Waals surface area contributed by atoms with Gasteiger partial charge in [0.2, 0.25) is 6.10 Å². The van der Waals surface area contributed by atoms with Crippen molar-refractivity contribution in [3.8, 4) is 5.75 Å².